The van der Waals surface area contributed by atoms with Crippen molar-refractivity contribution in [1.29, 1.82) is 0 Å². The summed E-state index contributed by atoms with van der Waals surface area (Å²) in [5.74, 6) is -0.143. The summed E-state index contributed by atoms with van der Waals surface area (Å²) >= 11 is 0. The topological polar surface area (TPSA) is 62.6 Å². The van der Waals surface area contributed by atoms with Crippen molar-refractivity contribution in [2.45, 2.75) is 24.3 Å². The van der Waals surface area contributed by atoms with E-state index in [2.05, 4.69) is 6.07 Å². The fourth-order valence-electron chi connectivity index (χ4n) is 4.40. The van der Waals surface area contributed by atoms with Crippen molar-refractivity contribution in [3.8, 4) is 0 Å². The zero-order valence-corrected chi connectivity index (χ0v) is 17.6. The molecule has 3 aromatic rings. The summed E-state index contributed by atoms with van der Waals surface area (Å²) in [7, 11) is -2.00. The predicted molar refractivity (Wildman–Crippen MR) is 115 cm³/mol. The second-order valence-electron chi connectivity index (χ2n) is 7.87. The molecule has 7 heteroatoms. The Bertz CT molecular complexity index is 1250. The number of hydrogen-bond acceptors (Lipinski definition) is 3. The number of rotatable bonds is 3. The molecule has 30 heavy (non-hydrogen) atoms. The molecule has 0 N–H and O–H groups in total. The molecule has 1 aromatic heterocycles. The Hall–Kier alpha value is -3.06. The molecule has 0 unspecified atom stereocenters. The number of carbonyl (C=O) groups excluding carboxylic acids is 1. The van der Waals surface area contributed by atoms with Gasteiger partial charge < -0.3 is 9.47 Å². The maximum atomic E-state index is 13.3. The molecule has 1 amide bonds. The highest BCUT2D eigenvalue weighted by atomic mass is 32.2. The minimum atomic E-state index is -3.72. The first kappa shape index (κ1) is 18.9. The molecule has 2 aromatic carbocycles. The maximum absolute atomic E-state index is 13.3. The number of amides is 1. The summed E-state index contributed by atoms with van der Waals surface area (Å²) < 4.78 is 29.7. The highest BCUT2D eigenvalue weighted by molar-refractivity contribution is 7.92. The lowest BCUT2D eigenvalue weighted by Gasteiger charge is -2.28. The Morgan fingerprint density at radius 3 is 2.37 bits per heavy atom. The summed E-state index contributed by atoms with van der Waals surface area (Å²) in [4.78, 5) is 15.1. The number of hydrogen-bond donors (Lipinski definition) is 0. The van der Waals surface area contributed by atoms with Crippen LogP contribution < -0.4 is 4.31 Å². The number of fused-ring (bicyclic) bond motifs is 2. The smallest absolute Gasteiger partial charge is 0.270 e. The van der Waals surface area contributed by atoms with Crippen molar-refractivity contribution in [1.82, 2.24) is 9.47 Å². The van der Waals surface area contributed by atoms with E-state index in [1.54, 1.807) is 22.7 Å². The lowest BCUT2D eigenvalue weighted by atomic mass is 10.00. The molecule has 0 spiro atoms. The molecule has 0 fully saturated rings. The average molecular weight is 422 g/mol. The number of para-hydroxylation sites is 1. The van der Waals surface area contributed by atoms with E-state index in [0.717, 1.165) is 23.2 Å². The summed E-state index contributed by atoms with van der Waals surface area (Å²) in [6.07, 6.45) is 3.05. The first-order valence-corrected chi connectivity index (χ1v) is 11.5. The van der Waals surface area contributed by atoms with Crippen LogP contribution in [0.4, 0.5) is 5.69 Å². The van der Waals surface area contributed by atoms with Gasteiger partial charge in [0.25, 0.3) is 15.9 Å². The SMILES string of the molecule is Cn1cc(S(=O)(=O)N2CCc3ccccc32)cc1C(=O)N1CCc2ccccc2C1. The Labute approximate surface area is 176 Å². The van der Waals surface area contributed by atoms with Gasteiger partial charge in [-0.1, -0.05) is 42.5 Å². The van der Waals surface area contributed by atoms with Crippen molar-refractivity contribution in [2.24, 2.45) is 7.05 Å². The summed E-state index contributed by atoms with van der Waals surface area (Å²) in [5, 5.41) is 0. The lowest BCUT2D eigenvalue weighted by molar-refractivity contribution is 0.0725. The van der Waals surface area contributed by atoms with E-state index >= 15 is 0 Å². The van der Waals surface area contributed by atoms with E-state index in [9.17, 15) is 13.2 Å². The molecule has 0 saturated heterocycles. The van der Waals surface area contributed by atoms with Gasteiger partial charge in [0.05, 0.1) is 5.69 Å². The van der Waals surface area contributed by atoms with E-state index in [0.29, 0.717) is 31.7 Å². The fraction of sp³-hybridized carbons (Fsp3) is 0.261. The van der Waals surface area contributed by atoms with Crippen molar-refractivity contribution >= 4 is 21.6 Å². The molecule has 5 rings (SSSR count). The number of nitrogens with zero attached hydrogens (tertiary/aromatic N) is 3. The van der Waals surface area contributed by atoms with Crippen molar-refractivity contribution in [3.05, 3.63) is 83.2 Å². The Morgan fingerprint density at radius 1 is 0.900 bits per heavy atom. The molecule has 154 valence electrons. The van der Waals surface area contributed by atoms with Crippen LogP contribution in [0.25, 0.3) is 0 Å². The third-order valence-corrected chi connectivity index (χ3v) is 7.83. The number of aryl methyl sites for hydroxylation is 1. The second-order valence-corrected chi connectivity index (χ2v) is 9.74. The van der Waals surface area contributed by atoms with Gasteiger partial charge in [-0.05, 0) is 41.7 Å². The summed E-state index contributed by atoms with van der Waals surface area (Å²) in [6.45, 7) is 1.59. The van der Waals surface area contributed by atoms with Gasteiger partial charge in [-0.3, -0.25) is 9.10 Å². The molecule has 0 saturated carbocycles. The summed E-state index contributed by atoms with van der Waals surface area (Å²) in [5.41, 5.74) is 4.56. The number of benzene rings is 2. The van der Waals surface area contributed by atoms with Gasteiger partial charge in [-0.25, -0.2) is 8.42 Å². The van der Waals surface area contributed by atoms with Crippen LogP contribution in [0.15, 0.2) is 65.7 Å². The van der Waals surface area contributed by atoms with E-state index in [4.69, 9.17) is 0 Å². The maximum Gasteiger partial charge on any atom is 0.270 e. The number of sulfonamides is 1. The van der Waals surface area contributed by atoms with Gasteiger partial charge in [0.15, 0.2) is 0 Å². The molecule has 0 bridgehead atoms. The number of carbonyl (C=O) groups is 1. The molecule has 0 radical (unpaired) electrons. The Kier molecular flexibility index (Phi) is 4.43. The van der Waals surface area contributed by atoms with Crippen LogP contribution in [-0.2, 0) is 36.5 Å². The fourth-order valence-corrected chi connectivity index (χ4v) is 5.98. The molecule has 0 aliphatic carbocycles. The molecular formula is C23H23N3O3S. The highest BCUT2D eigenvalue weighted by Crippen LogP contribution is 2.33. The molecule has 0 atom stereocenters. The van der Waals surface area contributed by atoms with E-state index in [-0.39, 0.29) is 10.8 Å². The van der Waals surface area contributed by atoms with Crippen LogP contribution in [-0.4, -0.2) is 36.9 Å². The molecule has 6 nitrogen and oxygen atoms in total. The molecule has 2 aliphatic rings. The van der Waals surface area contributed by atoms with Gasteiger partial charge in [0.2, 0.25) is 0 Å². The van der Waals surface area contributed by atoms with E-state index in [1.165, 1.54) is 15.9 Å². The Balaban J connectivity index is 1.43. The van der Waals surface area contributed by atoms with Gasteiger partial charge in [0, 0.05) is 32.9 Å². The lowest BCUT2D eigenvalue weighted by Crippen LogP contribution is -2.36. The van der Waals surface area contributed by atoms with Crippen molar-refractivity contribution in [2.75, 3.05) is 17.4 Å². The zero-order valence-electron chi connectivity index (χ0n) is 16.8. The number of anilines is 1. The van der Waals surface area contributed by atoms with Gasteiger partial charge >= 0.3 is 0 Å². The third kappa shape index (κ3) is 3.01. The van der Waals surface area contributed by atoms with Crippen molar-refractivity contribution < 1.29 is 13.2 Å². The molecule has 3 heterocycles. The summed E-state index contributed by atoms with van der Waals surface area (Å²) in [6, 6.07) is 17.2. The van der Waals surface area contributed by atoms with Gasteiger partial charge in [-0.15, -0.1) is 0 Å². The second kappa shape index (κ2) is 7.02. The minimum absolute atomic E-state index is 0.143. The largest absolute Gasteiger partial charge is 0.345 e. The molecular weight excluding hydrogens is 398 g/mol. The van der Waals surface area contributed by atoms with Gasteiger partial charge in [0.1, 0.15) is 10.6 Å². The third-order valence-electron chi connectivity index (χ3n) is 6.05. The average Bonchev–Trinajstić information content (AvgIpc) is 3.37. The van der Waals surface area contributed by atoms with Crippen molar-refractivity contribution in [3.63, 3.8) is 0 Å². The first-order valence-electron chi connectivity index (χ1n) is 10.1. The van der Waals surface area contributed by atoms with Crippen LogP contribution in [0.3, 0.4) is 0 Å². The van der Waals surface area contributed by atoms with Crippen LogP contribution in [0.1, 0.15) is 27.2 Å². The quantitative estimate of drug-likeness (QED) is 0.653. The Morgan fingerprint density at radius 2 is 1.57 bits per heavy atom. The molecule has 2 aliphatic heterocycles. The standard InChI is InChI=1S/C23H23N3O3S/c1-24-16-20(30(28,29)26-13-11-18-7-4-5-9-21(18)26)14-22(24)23(27)25-12-10-17-6-2-3-8-19(17)15-25/h2-9,14,16H,10-13,15H2,1H3. The first-order chi connectivity index (χ1) is 14.4. The highest BCUT2D eigenvalue weighted by Gasteiger charge is 2.33. The minimum Gasteiger partial charge on any atom is -0.345 e. The normalized spacial score (nSPS) is 15.8. The van der Waals surface area contributed by atoms with E-state index < -0.39 is 10.0 Å². The zero-order chi connectivity index (χ0) is 20.9. The van der Waals surface area contributed by atoms with Crippen LogP contribution in [0, 0.1) is 0 Å². The predicted octanol–water partition coefficient (Wildman–Crippen LogP) is 2.98. The van der Waals surface area contributed by atoms with Crippen LogP contribution in [0.5, 0.6) is 0 Å². The van der Waals surface area contributed by atoms with Crippen LogP contribution in [0.2, 0.25) is 0 Å². The monoisotopic (exact) mass is 421 g/mol. The van der Waals surface area contributed by atoms with Gasteiger partial charge in [-0.2, -0.15) is 0 Å². The number of aromatic nitrogens is 1. The van der Waals surface area contributed by atoms with Crippen LogP contribution >= 0.6 is 0 Å². The van der Waals surface area contributed by atoms with E-state index in [1.807, 2.05) is 42.5 Å².